The van der Waals surface area contributed by atoms with Crippen LogP contribution in [-0.2, 0) is 0 Å². The minimum atomic E-state index is 0.346. The van der Waals surface area contributed by atoms with Crippen molar-refractivity contribution in [3.05, 3.63) is 29.3 Å². The number of hydrogen-bond donors (Lipinski definition) is 1. The highest BCUT2D eigenvalue weighted by Gasteiger charge is 2.15. The first-order valence-corrected chi connectivity index (χ1v) is 7.37. The van der Waals surface area contributed by atoms with Crippen LogP contribution in [0.5, 0.6) is 5.75 Å². The van der Waals surface area contributed by atoms with Gasteiger partial charge in [0.15, 0.2) is 0 Å². The summed E-state index contributed by atoms with van der Waals surface area (Å²) in [5.41, 5.74) is 2.62. The molecule has 0 heterocycles. The van der Waals surface area contributed by atoms with Gasteiger partial charge in [0.2, 0.25) is 0 Å². The quantitative estimate of drug-likeness (QED) is 0.839. The number of benzene rings is 1. The predicted octanol–water partition coefficient (Wildman–Crippen LogP) is 3.44. The molecule has 1 unspecified atom stereocenters. The smallest absolute Gasteiger partial charge is 0.123 e. The molecule has 1 atom stereocenters. The zero-order valence-electron chi connectivity index (χ0n) is 11.4. The molecule has 1 N–H and O–H groups in total. The first-order valence-electron chi connectivity index (χ1n) is 5.98. The van der Waals surface area contributed by atoms with E-state index in [-0.39, 0.29) is 0 Å². The number of nitrogens with one attached hydrogen (secondary N) is 1. The minimum Gasteiger partial charge on any atom is -0.496 e. The zero-order chi connectivity index (χ0) is 12.8. The Morgan fingerprint density at radius 2 is 2.06 bits per heavy atom. The highest BCUT2D eigenvalue weighted by molar-refractivity contribution is 7.98. The fraction of sp³-hybridized carbons (Fsp3) is 0.571. The van der Waals surface area contributed by atoms with Crippen molar-refractivity contribution in [3.8, 4) is 5.75 Å². The molecule has 1 aromatic rings. The third-order valence-electron chi connectivity index (χ3n) is 2.98. The Hall–Kier alpha value is -0.670. The second-order valence-electron chi connectivity index (χ2n) is 4.45. The molecule has 2 nitrogen and oxygen atoms in total. The van der Waals surface area contributed by atoms with Gasteiger partial charge in [-0.3, -0.25) is 0 Å². The van der Waals surface area contributed by atoms with Crippen LogP contribution in [0, 0.1) is 0 Å². The predicted molar refractivity (Wildman–Crippen MR) is 77.3 cm³/mol. The maximum Gasteiger partial charge on any atom is 0.123 e. The Morgan fingerprint density at radius 3 is 2.53 bits per heavy atom. The lowest BCUT2D eigenvalue weighted by Crippen LogP contribution is -2.19. The van der Waals surface area contributed by atoms with Gasteiger partial charge in [-0.25, -0.2) is 0 Å². The van der Waals surface area contributed by atoms with Crippen molar-refractivity contribution in [2.24, 2.45) is 0 Å². The van der Waals surface area contributed by atoms with Crippen LogP contribution < -0.4 is 10.1 Å². The topological polar surface area (TPSA) is 21.3 Å². The van der Waals surface area contributed by atoms with E-state index in [0.29, 0.717) is 12.0 Å². The van der Waals surface area contributed by atoms with Crippen molar-refractivity contribution in [2.45, 2.75) is 25.8 Å². The average Bonchev–Trinajstić information content (AvgIpc) is 2.35. The molecule has 96 valence electrons. The Bertz CT molecular complexity index is 352. The summed E-state index contributed by atoms with van der Waals surface area (Å²) < 4.78 is 5.46. The van der Waals surface area contributed by atoms with Crippen molar-refractivity contribution < 1.29 is 4.74 Å². The number of ether oxygens (including phenoxy) is 1. The van der Waals surface area contributed by atoms with Gasteiger partial charge in [0, 0.05) is 17.4 Å². The van der Waals surface area contributed by atoms with Gasteiger partial charge in [0.25, 0.3) is 0 Å². The van der Waals surface area contributed by atoms with Crippen molar-refractivity contribution in [3.63, 3.8) is 0 Å². The molecule has 1 rings (SSSR count). The van der Waals surface area contributed by atoms with Gasteiger partial charge in [-0.15, -0.1) is 0 Å². The average molecular weight is 253 g/mol. The zero-order valence-corrected chi connectivity index (χ0v) is 12.2. The Kier molecular flexibility index (Phi) is 5.86. The molecule has 0 aliphatic carbocycles. The van der Waals surface area contributed by atoms with Gasteiger partial charge in [0.1, 0.15) is 5.75 Å². The van der Waals surface area contributed by atoms with Crippen molar-refractivity contribution in [2.75, 3.05) is 26.2 Å². The van der Waals surface area contributed by atoms with Crippen molar-refractivity contribution in [1.29, 1.82) is 0 Å². The molecular weight excluding hydrogens is 230 g/mol. The molecule has 0 aliphatic heterocycles. The minimum absolute atomic E-state index is 0.346. The SMILES string of the molecule is CNC(CSC)c1cc(C(C)C)ccc1OC. The molecule has 0 radical (unpaired) electrons. The van der Waals surface area contributed by atoms with E-state index in [1.165, 1.54) is 11.1 Å². The molecule has 1 aromatic carbocycles. The highest BCUT2D eigenvalue weighted by atomic mass is 32.2. The van der Waals surface area contributed by atoms with E-state index in [2.05, 4.69) is 43.6 Å². The summed E-state index contributed by atoms with van der Waals surface area (Å²) in [4.78, 5) is 0. The van der Waals surface area contributed by atoms with E-state index < -0.39 is 0 Å². The van der Waals surface area contributed by atoms with Crippen LogP contribution in [0.3, 0.4) is 0 Å². The molecule has 0 fully saturated rings. The number of methoxy groups -OCH3 is 1. The lowest BCUT2D eigenvalue weighted by molar-refractivity contribution is 0.404. The van der Waals surface area contributed by atoms with E-state index in [4.69, 9.17) is 4.74 Å². The molecule has 17 heavy (non-hydrogen) atoms. The largest absolute Gasteiger partial charge is 0.496 e. The first kappa shape index (κ1) is 14.4. The molecule has 0 spiro atoms. The summed E-state index contributed by atoms with van der Waals surface area (Å²) in [5.74, 6) is 2.57. The number of hydrogen-bond acceptors (Lipinski definition) is 3. The Balaban J connectivity index is 3.11. The summed E-state index contributed by atoms with van der Waals surface area (Å²) in [7, 11) is 3.74. The van der Waals surface area contributed by atoms with Gasteiger partial charge in [-0.1, -0.05) is 26.0 Å². The third-order valence-corrected chi connectivity index (χ3v) is 3.64. The lowest BCUT2D eigenvalue weighted by atomic mass is 9.97. The molecule has 0 saturated carbocycles. The second-order valence-corrected chi connectivity index (χ2v) is 5.36. The summed E-state index contributed by atoms with van der Waals surface area (Å²) in [5, 5.41) is 3.36. The molecule has 0 saturated heterocycles. The standard InChI is InChI=1S/C14H23NOS/c1-10(2)11-6-7-14(16-4)12(8-11)13(15-3)9-17-5/h6-8,10,13,15H,9H2,1-5H3. The van der Waals surface area contributed by atoms with Crippen LogP contribution in [0.2, 0.25) is 0 Å². The van der Waals surface area contributed by atoms with Gasteiger partial charge in [0.05, 0.1) is 7.11 Å². The molecule has 0 aliphatic rings. The van der Waals surface area contributed by atoms with Gasteiger partial charge < -0.3 is 10.1 Å². The van der Waals surface area contributed by atoms with Crippen molar-refractivity contribution >= 4 is 11.8 Å². The number of thioether (sulfide) groups is 1. The molecule has 0 aromatic heterocycles. The molecule has 0 amide bonds. The van der Waals surface area contributed by atoms with Gasteiger partial charge >= 0.3 is 0 Å². The van der Waals surface area contributed by atoms with Crippen LogP contribution in [0.1, 0.15) is 36.9 Å². The van der Waals surface area contributed by atoms with Crippen LogP contribution in [0.25, 0.3) is 0 Å². The Labute approximate surface area is 109 Å². The lowest BCUT2D eigenvalue weighted by Gasteiger charge is -2.20. The van der Waals surface area contributed by atoms with Crippen LogP contribution >= 0.6 is 11.8 Å². The maximum atomic E-state index is 5.46. The molecular formula is C14H23NOS. The summed E-state index contributed by atoms with van der Waals surface area (Å²) in [6, 6.07) is 6.84. The normalized spacial score (nSPS) is 12.8. The van der Waals surface area contributed by atoms with Gasteiger partial charge in [-0.05, 0) is 30.9 Å². The summed E-state index contributed by atoms with van der Waals surface area (Å²) in [6.07, 6.45) is 2.13. The van der Waals surface area contributed by atoms with E-state index in [1.807, 2.05) is 18.8 Å². The van der Waals surface area contributed by atoms with Crippen LogP contribution in [0.4, 0.5) is 0 Å². The Morgan fingerprint density at radius 1 is 1.35 bits per heavy atom. The fourth-order valence-electron chi connectivity index (χ4n) is 1.88. The van der Waals surface area contributed by atoms with Crippen molar-refractivity contribution in [1.82, 2.24) is 5.32 Å². The molecule has 3 heteroatoms. The summed E-state index contributed by atoms with van der Waals surface area (Å²) in [6.45, 7) is 4.43. The summed E-state index contributed by atoms with van der Waals surface area (Å²) >= 11 is 1.84. The number of rotatable bonds is 6. The van der Waals surface area contributed by atoms with Gasteiger partial charge in [-0.2, -0.15) is 11.8 Å². The van der Waals surface area contributed by atoms with E-state index in [0.717, 1.165) is 11.5 Å². The monoisotopic (exact) mass is 253 g/mol. The van der Waals surface area contributed by atoms with Crippen LogP contribution in [0.15, 0.2) is 18.2 Å². The van der Waals surface area contributed by atoms with E-state index >= 15 is 0 Å². The van der Waals surface area contributed by atoms with Crippen LogP contribution in [-0.4, -0.2) is 26.2 Å². The maximum absolute atomic E-state index is 5.46. The van der Waals surface area contributed by atoms with E-state index in [1.54, 1.807) is 7.11 Å². The third kappa shape index (κ3) is 3.65. The second kappa shape index (κ2) is 6.92. The van der Waals surface area contributed by atoms with E-state index in [9.17, 15) is 0 Å². The molecule has 0 bridgehead atoms. The fourth-order valence-corrected chi connectivity index (χ4v) is 2.56. The highest BCUT2D eigenvalue weighted by Crippen LogP contribution is 2.30. The first-order chi connectivity index (χ1) is 8.13.